The fourth-order valence-electron chi connectivity index (χ4n) is 1.39. The van der Waals surface area contributed by atoms with Gasteiger partial charge in [0.25, 0.3) is 0 Å². The van der Waals surface area contributed by atoms with Crippen molar-refractivity contribution >= 4 is 17.4 Å². The van der Waals surface area contributed by atoms with Gasteiger partial charge in [0.05, 0.1) is 18.3 Å². The van der Waals surface area contributed by atoms with Gasteiger partial charge in [-0.2, -0.15) is 5.10 Å². The summed E-state index contributed by atoms with van der Waals surface area (Å²) in [7, 11) is 1.37. The van der Waals surface area contributed by atoms with Gasteiger partial charge in [-0.15, -0.1) is 0 Å². The molecule has 2 rings (SSSR count). The second-order valence-corrected chi connectivity index (χ2v) is 3.58. The number of H-pyrrole nitrogens is 1. The Hall–Kier alpha value is -1.75. The summed E-state index contributed by atoms with van der Waals surface area (Å²) < 4.78 is 18.3. The average molecular weight is 242 g/mol. The Labute approximate surface area is 96.2 Å². The van der Waals surface area contributed by atoms with Crippen molar-refractivity contribution < 1.29 is 9.13 Å². The van der Waals surface area contributed by atoms with Crippen LogP contribution in [0, 0.1) is 5.82 Å². The van der Waals surface area contributed by atoms with Crippen molar-refractivity contribution in [3.05, 3.63) is 29.2 Å². The van der Waals surface area contributed by atoms with Crippen molar-refractivity contribution in [1.82, 2.24) is 10.2 Å². The van der Waals surface area contributed by atoms with Gasteiger partial charge in [0.1, 0.15) is 5.82 Å². The van der Waals surface area contributed by atoms with E-state index in [0.29, 0.717) is 16.9 Å². The lowest BCUT2D eigenvalue weighted by molar-refractivity contribution is 0.387. The summed E-state index contributed by atoms with van der Waals surface area (Å²) in [5.41, 5.74) is 6.96. The fourth-order valence-corrected chi connectivity index (χ4v) is 1.60. The maximum absolute atomic E-state index is 13.4. The third-order valence-electron chi connectivity index (χ3n) is 2.19. The molecule has 0 aliphatic carbocycles. The number of hydrogen-bond donors (Lipinski definition) is 2. The molecule has 1 aromatic carbocycles. The molecule has 0 saturated carbocycles. The largest absolute Gasteiger partial charge is 0.494 e. The molecule has 0 aliphatic rings. The van der Waals surface area contributed by atoms with Crippen LogP contribution < -0.4 is 10.5 Å². The Bertz CT molecular complexity index is 527. The molecule has 6 heteroatoms. The van der Waals surface area contributed by atoms with Crippen molar-refractivity contribution in [2.24, 2.45) is 0 Å². The van der Waals surface area contributed by atoms with Crippen LogP contribution in [-0.2, 0) is 0 Å². The molecule has 0 amide bonds. The van der Waals surface area contributed by atoms with Crippen molar-refractivity contribution in [2.75, 3.05) is 12.8 Å². The van der Waals surface area contributed by atoms with Crippen LogP contribution in [-0.4, -0.2) is 17.3 Å². The molecule has 0 spiro atoms. The van der Waals surface area contributed by atoms with Crippen LogP contribution in [0.15, 0.2) is 18.3 Å². The van der Waals surface area contributed by atoms with Crippen molar-refractivity contribution in [2.45, 2.75) is 0 Å². The van der Waals surface area contributed by atoms with Crippen molar-refractivity contribution in [1.29, 1.82) is 0 Å². The van der Waals surface area contributed by atoms with Crippen LogP contribution in [0.5, 0.6) is 5.75 Å². The highest BCUT2D eigenvalue weighted by molar-refractivity contribution is 6.31. The van der Waals surface area contributed by atoms with Crippen LogP contribution in [0.1, 0.15) is 0 Å². The Kier molecular flexibility index (Phi) is 2.70. The van der Waals surface area contributed by atoms with Gasteiger partial charge in [-0.05, 0) is 17.7 Å². The fraction of sp³-hybridized carbons (Fsp3) is 0.100. The van der Waals surface area contributed by atoms with Gasteiger partial charge in [-0.1, -0.05) is 11.6 Å². The maximum atomic E-state index is 13.4. The van der Waals surface area contributed by atoms with Gasteiger partial charge in [0.15, 0.2) is 11.6 Å². The number of anilines is 1. The van der Waals surface area contributed by atoms with Gasteiger partial charge < -0.3 is 10.5 Å². The first kappa shape index (κ1) is 10.8. The Morgan fingerprint density at radius 3 is 2.81 bits per heavy atom. The van der Waals surface area contributed by atoms with Crippen LogP contribution in [0.3, 0.4) is 0 Å². The molecule has 1 heterocycles. The summed E-state index contributed by atoms with van der Waals surface area (Å²) in [6, 6.07) is 2.99. The number of methoxy groups -OCH3 is 1. The van der Waals surface area contributed by atoms with Crippen LogP contribution >= 0.6 is 11.6 Å². The topological polar surface area (TPSA) is 63.9 Å². The van der Waals surface area contributed by atoms with E-state index in [4.69, 9.17) is 22.1 Å². The summed E-state index contributed by atoms with van der Waals surface area (Å²) in [6.07, 6.45) is 1.54. The highest BCUT2D eigenvalue weighted by Crippen LogP contribution is 2.33. The number of halogens is 2. The number of aromatic nitrogens is 2. The molecular formula is C10H9ClFN3O. The predicted molar refractivity (Wildman–Crippen MR) is 60.0 cm³/mol. The molecule has 0 atom stereocenters. The number of benzene rings is 1. The number of nitrogens with two attached hydrogens (primary N) is 1. The Morgan fingerprint density at radius 1 is 1.50 bits per heavy atom. The number of nitrogens with zero attached hydrogens (tertiary/aromatic N) is 1. The van der Waals surface area contributed by atoms with E-state index in [-0.39, 0.29) is 10.8 Å². The first-order valence-electron chi connectivity index (χ1n) is 4.45. The first-order chi connectivity index (χ1) is 7.63. The molecule has 3 N–H and O–H groups in total. The first-order valence-corrected chi connectivity index (χ1v) is 4.83. The van der Waals surface area contributed by atoms with E-state index in [2.05, 4.69) is 10.2 Å². The molecule has 0 aliphatic heterocycles. The number of ether oxygens (including phenoxy) is 1. The molecule has 0 radical (unpaired) electrons. The second-order valence-electron chi connectivity index (χ2n) is 3.17. The zero-order valence-electron chi connectivity index (χ0n) is 8.42. The summed E-state index contributed by atoms with van der Waals surface area (Å²) >= 11 is 5.74. The average Bonchev–Trinajstić information content (AvgIpc) is 2.68. The minimum absolute atomic E-state index is 0.0186. The molecule has 16 heavy (non-hydrogen) atoms. The minimum atomic E-state index is -0.588. The van der Waals surface area contributed by atoms with E-state index in [0.717, 1.165) is 0 Å². The third kappa shape index (κ3) is 1.69. The van der Waals surface area contributed by atoms with E-state index in [1.807, 2.05) is 0 Å². The molecule has 84 valence electrons. The number of hydrogen-bond acceptors (Lipinski definition) is 3. The molecule has 4 nitrogen and oxygen atoms in total. The molecule has 0 saturated heterocycles. The highest BCUT2D eigenvalue weighted by atomic mass is 35.5. The second kappa shape index (κ2) is 4.02. The lowest BCUT2D eigenvalue weighted by Crippen LogP contribution is -1.92. The van der Waals surface area contributed by atoms with Crippen molar-refractivity contribution in [3.8, 4) is 16.9 Å². The van der Waals surface area contributed by atoms with E-state index >= 15 is 0 Å². The molecule has 0 bridgehead atoms. The Morgan fingerprint density at radius 2 is 2.25 bits per heavy atom. The minimum Gasteiger partial charge on any atom is -0.494 e. The van der Waals surface area contributed by atoms with Gasteiger partial charge in [-0.3, -0.25) is 5.10 Å². The molecule has 2 aromatic rings. The number of aromatic amines is 1. The van der Waals surface area contributed by atoms with Crippen LogP contribution in [0.4, 0.5) is 10.2 Å². The normalized spacial score (nSPS) is 10.4. The smallest absolute Gasteiger partial charge is 0.183 e. The number of nitrogens with one attached hydrogen (secondary N) is 1. The zero-order chi connectivity index (χ0) is 11.7. The summed E-state index contributed by atoms with van der Waals surface area (Å²) in [5.74, 6) is -0.122. The lowest BCUT2D eigenvalue weighted by atomic mass is 10.1. The Balaban J connectivity index is 2.59. The summed E-state index contributed by atoms with van der Waals surface area (Å²) in [4.78, 5) is 0. The standard InChI is InChI=1S/C10H9ClFN3O/c1-16-8-3-5(2-7(11)9(8)12)6-4-14-15-10(6)13/h2-4H,1H3,(H3,13,14,15). The monoisotopic (exact) mass is 241 g/mol. The highest BCUT2D eigenvalue weighted by Gasteiger charge is 2.13. The van der Waals surface area contributed by atoms with E-state index in [1.165, 1.54) is 19.2 Å². The van der Waals surface area contributed by atoms with Gasteiger partial charge in [-0.25, -0.2) is 4.39 Å². The van der Waals surface area contributed by atoms with Gasteiger partial charge in [0, 0.05) is 5.56 Å². The number of rotatable bonds is 2. The molecular weight excluding hydrogens is 233 g/mol. The van der Waals surface area contributed by atoms with Gasteiger partial charge >= 0.3 is 0 Å². The molecule has 0 fully saturated rings. The van der Waals surface area contributed by atoms with Gasteiger partial charge in [0.2, 0.25) is 0 Å². The molecule has 0 unspecified atom stereocenters. The van der Waals surface area contributed by atoms with E-state index in [1.54, 1.807) is 6.20 Å². The third-order valence-corrected chi connectivity index (χ3v) is 2.47. The predicted octanol–water partition coefficient (Wildman–Crippen LogP) is 2.46. The zero-order valence-corrected chi connectivity index (χ0v) is 9.18. The summed E-state index contributed by atoms with van der Waals surface area (Å²) in [6.45, 7) is 0. The SMILES string of the molecule is COc1cc(-c2cn[nH]c2N)cc(Cl)c1F. The number of nitrogen functional groups attached to an aromatic ring is 1. The van der Waals surface area contributed by atoms with E-state index < -0.39 is 5.82 Å². The van der Waals surface area contributed by atoms with Crippen LogP contribution in [0.25, 0.3) is 11.1 Å². The quantitative estimate of drug-likeness (QED) is 0.849. The summed E-state index contributed by atoms with van der Waals surface area (Å²) in [5, 5.41) is 6.35. The lowest BCUT2D eigenvalue weighted by Gasteiger charge is -2.06. The van der Waals surface area contributed by atoms with Crippen LogP contribution in [0.2, 0.25) is 5.02 Å². The molecule has 1 aromatic heterocycles. The van der Waals surface area contributed by atoms with E-state index in [9.17, 15) is 4.39 Å². The maximum Gasteiger partial charge on any atom is 0.183 e. The van der Waals surface area contributed by atoms with Crippen molar-refractivity contribution in [3.63, 3.8) is 0 Å².